The van der Waals surface area contributed by atoms with Crippen molar-refractivity contribution in [1.29, 1.82) is 0 Å². The number of nitrogens with zero attached hydrogens (tertiary/aromatic N) is 1. The minimum Gasteiger partial charge on any atom is -0.299 e. The van der Waals surface area contributed by atoms with E-state index in [1.165, 1.54) is 31.2 Å². The maximum atomic E-state index is 2.55. The third-order valence-corrected chi connectivity index (χ3v) is 4.82. The van der Waals surface area contributed by atoms with Crippen LogP contribution in [0.3, 0.4) is 0 Å². The summed E-state index contributed by atoms with van der Waals surface area (Å²) in [6.45, 7) is 8.27. The number of hydrogen-bond acceptors (Lipinski definition) is 1. The first-order valence-corrected chi connectivity index (χ1v) is 7.71. The van der Waals surface area contributed by atoms with Crippen LogP contribution in [0.2, 0.25) is 0 Å². The van der Waals surface area contributed by atoms with Gasteiger partial charge in [0, 0.05) is 12.6 Å². The summed E-state index contributed by atoms with van der Waals surface area (Å²) >= 11 is 0. The molecule has 0 spiro atoms. The van der Waals surface area contributed by atoms with Gasteiger partial charge in [0.05, 0.1) is 0 Å². The molecule has 1 aliphatic carbocycles. The molecule has 0 amide bonds. The Morgan fingerprint density at radius 1 is 1.00 bits per heavy atom. The molecule has 0 saturated heterocycles. The van der Waals surface area contributed by atoms with Crippen LogP contribution in [0.4, 0.5) is 0 Å². The summed E-state index contributed by atoms with van der Waals surface area (Å²) < 4.78 is 0. The second-order valence-corrected chi connectivity index (χ2v) is 7.27. The van der Waals surface area contributed by atoms with E-state index in [1.54, 1.807) is 0 Å². The van der Waals surface area contributed by atoms with Crippen molar-refractivity contribution in [3.05, 3.63) is 35.9 Å². The Labute approximate surface area is 119 Å². The van der Waals surface area contributed by atoms with Crippen LogP contribution >= 0.6 is 0 Å². The first-order valence-electron chi connectivity index (χ1n) is 7.71. The Morgan fingerprint density at radius 2 is 1.58 bits per heavy atom. The highest BCUT2D eigenvalue weighted by Gasteiger charge is 2.30. The van der Waals surface area contributed by atoms with E-state index in [2.05, 4.69) is 63.1 Å². The van der Waals surface area contributed by atoms with Gasteiger partial charge in [-0.05, 0) is 49.6 Å². The number of benzene rings is 1. The highest BCUT2D eigenvalue weighted by atomic mass is 15.1. The minimum atomic E-state index is 0.489. The van der Waals surface area contributed by atoms with Gasteiger partial charge in [0.1, 0.15) is 0 Å². The van der Waals surface area contributed by atoms with Gasteiger partial charge in [-0.15, -0.1) is 0 Å². The molecule has 0 aliphatic heterocycles. The Morgan fingerprint density at radius 3 is 2.11 bits per heavy atom. The van der Waals surface area contributed by atoms with Gasteiger partial charge in [0.25, 0.3) is 0 Å². The zero-order chi connectivity index (χ0) is 13.9. The van der Waals surface area contributed by atoms with Crippen molar-refractivity contribution >= 4 is 0 Å². The molecule has 0 atom stereocenters. The molecule has 0 aromatic heterocycles. The maximum absolute atomic E-state index is 2.55. The van der Waals surface area contributed by atoms with Gasteiger partial charge in [-0.3, -0.25) is 4.90 Å². The molecule has 1 saturated carbocycles. The molecule has 0 radical (unpaired) electrons. The third kappa shape index (κ3) is 4.07. The summed E-state index contributed by atoms with van der Waals surface area (Å²) in [6, 6.07) is 11.6. The Bertz CT molecular complexity index is 368. The van der Waals surface area contributed by atoms with Crippen LogP contribution < -0.4 is 0 Å². The summed E-state index contributed by atoms with van der Waals surface area (Å²) in [6.07, 6.45) is 5.52. The first-order chi connectivity index (χ1) is 8.97. The van der Waals surface area contributed by atoms with Crippen molar-refractivity contribution in [3.63, 3.8) is 0 Å². The predicted molar refractivity (Wildman–Crippen MR) is 83.1 cm³/mol. The minimum absolute atomic E-state index is 0.489. The average molecular weight is 259 g/mol. The molecule has 1 aromatic carbocycles. The van der Waals surface area contributed by atoms with Crippen molar-refractivity contribution in [2.75, 3.05) is 7.05 Å². The summed E-state index contributed by atoms with van der Waals surface area (Å²) in [5.41, 5.74) is 1.92. The van der Waals surface area contributed by atoms with Crippen LogP contribution in [0, 0.1) is 11.3 Å². The zero-order valence-electron chi connectivity index (χ0n) is 13.0. The van der Waals surface area contributed by atoms with E-state index >= 15 is 0 Å². The summed E-state index contributed by atoms with van der Waals surface area (Å²) in [5, 5.41) is 0. The lowest BCUT2D eigenvalue weighted by Gasteiger charge is -2.40. The van der Waals surface area contributed by atoms with Gasteiger partial charge in [0.15, 0.2) is 0 Å². The van der Waals surface area contributed by atoms with E-state index in [-0.39, 0.29) is 0 Å². The highest BCUT2D eigenvalue weighted by molar-refractivity contribution is 5.14. The van der Waals surface area contributed by atoms with E-state index in [1.807, 2.05) is 0 Å². The molecule has 106 valence electrons. The zero-order valence-corrected chi connectivity index (χ0v) is 13.0. The molecule has 19 heavy (non-hydrogen) atoms. The molecule has 1 nitrogen and oxygen atoms in total. The molecule has 2 rings (SSSR count). The fourth-order valence-corrected chi connectivity index (χ4v) is 3.38. The monoisotopic (exact) mass is 259 g/mol. The molecule has 1 aliphatic rings. The van der Waals surface area contributed by atoms with Crippen molar-refractivity contribution in [3.8, 4) is 0 Å². The third-order valence-electron chi connectivity index (χ3n) is 4.82. The largest absolute Gasteiger partial charge is 0.299 e. The number of rotatable bonds is 3. The molecule has 0 bridgehead atoms. The maximum Gasteiger partial charge on any atom is 0.0233 e. The SMILES string of the molecule is CN(Cc1ccccc1)C1CCC(C(C)(C)C)CC1. The van der Waals surface area contributed by atoms with Gasteiger partial charge in [-0.2, -0.15) is 0 Å². The summed E-state index contributed by atoms with van der Waals surface area (Å²) in [4.78, 5) is 2.55. The molecule has 0 unspecified atom stereocenters. The van der Waals surface area contributed by atoms with Gasteiger partial charge in [0.2, 0.25) is 0 Å². The fourth-order valence-electron chi connectivity index (χ4n) is 3.38. The van der Waals surface area contributed by atoms with Crippen molar-refractivity contribution in [2.45, 2.75) is 59.0 Å². The molecule has 1 fully saturated rings. The quantitative estimate of drug-likeness (QED) is 0.759. The first kappa shape index (κ1) is 14.6. The lowest BCUT2D eigenvalue weighted by molar-refractivity contribution is 0.107. The Kier molecular flexibility index (Phi) is 4.67. The Balaban J connectivity index is 1.84. The van der Waals surface area contributed by atoms with E-state index in [9.17, 15) is 0 Å². The highest BCUT2D eigenvalue weighted by Crippen LogP contribution is 2.38. The normalized spacial score (nSPS) is 24.7. The Hall–Kier alpha value is -0.820. The molecular weight excluding hydrogens is 230 g/mol. The van der Waals surface area contributed by atoms with Gasteiger partial charge in [-0.25, -0.2) is 0 Å². The van der Waals surface area contributed by atoms with Crippen molar-refractivity contribution in [1.82, 2.24) is 4.90 Å². The lowest BCUT2D eigenvalue weighted by atomic mass is 9.71. The van der Waals surface area contributed by atoms with Crippen LogP contribution in [0.25, 0.3) is 0 Å². The van der Waals surface area contributed by atoms with Crippen LogP contribution in [-0.2, 0) is 6.54 Å². The standard InChI is InChI=1S/C18H29N/c1-18(2,3)16-10-12-17(13-11-16)19(4)14-15-8-6-5-7-9-15/h5-9,16-17H,10-14H2,1-4H3. The molecule has 0 heterocycles. The second-order valence-electron chi connectivity index (χ2n) is 7.27. The van der Waals surface area contributed by atoms with E-state index in [0.717, 1.165) is 18.5 Å². The molecule has 1 aromatic rings. The van der Waals surface area contributed by atoms with E-state index in [0.29, 0.717) is 5.41 Å². The smallest absolute Gasteiger partial charge is 0.0233 e. The topological polar surface area (TPSA) is 3.24 Å². The summed E-state index contributed by atoms with van der Waals surface area (Å²) in [7, 11) is 2.29. The van der Waals surface area contributed by atoms with Crippen molar-refractivity contribution in [2.24, 2.45) is 11.3 Å². The second kappa shape index (κ2) is 6.09. The van der Waals surface area contributed by atoms with E-state index in [4.69, 9.17) is 0 Å². The predicted octanol–water partition coefficient (Wildman–Crippen LogP) is 4.72. The van der Waals surface area contributed by atoms with Gasteiger partial charge in [-0.1, -0.05) is 51.1 Å². The molecular formula is C18H29N. The van der Waals surface area contributed by atoms with Crippen LogP contribution in [-0.4, -0.2) is 18.0 Å². The van der Waals surface area contributed by atoms with Crippen molar-refractivity contribution < 1.29 is 0 Å². The van der Waals surface area contributed by atoms with Gasteiger partial charge < -0.3 is 0 Å². The van der Waals surface area contributed by atoms with Crippen LogP contribution in [0.1, 0.15) is 52.0 Å². The fraction of sp³-hybridized carbons (Fsp3) is 0.667. The van der Waals surface area contributed by atoms with Crippen LogP contribution in [0.15, 0.2) is 30.3 Å². The van der Waals surface area contributed by atoms with Crippen LogP contribution in [0.5, 0.6) is 0 Å². The van der Waals surface area contributed by atoms with Gasteiger partial charge >= 0.3 is 0 Å². The molecule has 0 N–H and O–H groups in total. The number of hydrogen-bond donors (Lipinski definition) is 0. The van der Waals surface area contributed by atoms with E-state index < -0.39 is 0 Å². The molecule has 1 heteroatoms. The average Bonchev–Trinajstić information content (AvgIpc) is 2.39. The summed E-state index contributed by atoms with van der Waals surface area (Å²) in [5.74, 6) is 0.911. The lowest BCUT2D eigenvalue weighted by Crippen LogP contribution is -2.37.